The standard InChI is InChI=1S/C13H14F3NO/c1-9-2-3-10-4-6-17(7-5-11(10)8-9)12(18)13(14,15)16/h2-3,8H,4-7H2,1H3. The maximum Gasteiger partial charge on any atom is 0.471 e. The molecular weight excluding hydrogens is 243 g/mol. The third-order valence-corrected chi connectivity index (χ3v) is 3.19. The van der Waals surface area contributed by atoms with E-state index in [1.165, 1.54) is 0 Å². The molecule has 0 aliphatic carbocycles. The van der Waals surface area contributed by atoms with E-state index in [1.54, 1.807) is 0 Å². The first-order valence-corrected chi connectivity index (χ1v) is 5.82. The topological polar surface area (TPSA) is 20.3 Å². The summed E-state index contributed by atoms with van der Waals surface area (Å²) in [6.45, 7) is 2.22. The fourth-order valence-electron chi connectivity index (χ4n) is 2.24. The number of benzene rings is 1. The number of nitrogens with zero attached hydrogens (tertiary/aromatic N) is 1. The maximum atomic E-state index is 12.4. The van der Waals surface area contributed by atoms with Crippen LogP contribution in [-0.4, -0.2) is 30.1 Å². The van der Waals surface area contributed by atoms with Crippen molar-refractivity contribution < 1.29 is 18.0 Å². The van der Waals surface area contributed by atoms with Crippen LogP contribution in [0, 0.1) is 6.92 Å². The Balaban J connectivity index is 2.15. The summed E-state index contributed by atoms with van der Waals surface area (Å²) in [4.78, 5) is 12.1. The van der Waals surface area contributed by atoms with Crippen molar-refractivity contribution in [1.29, 1.82) is 0 Å². The highest BCUT2D eigenvalue weighted by Gasteiger charge is 2.42. The molecule has 0 bridgehead atoms. The Kier molecular flexibility index (Phi) is 3.32. The van der Waals surface area contributed by atoms with Gasteiger partial charge in [-0.05, 0) is 30.9 Å². The summed E-state index contributed by atoms with van der Waals surface area (Å²) in [6, 6.07) is 5.86. The smallest absolute Gasteiger partial charge is 0.334 e. The zero-order chi connectivity index (χ0) is 13.3. The molecule has 0 atom stereocenters. The van der Waals surface area contributed by atoms with E-state index >= 15 is 0 Å². The number of alkyl halides is 3. The van der Waals surface area contributed by atoms with Crippen LogP contribution in [0.2, 0.25) is 0 Å². The quantitative estimate of drug-likeness (QED) is 0.699. The zero-order valence-electron chi connectivity index (χ0n) is 10.0. The van der Waals surface area contributed by atoms with Crippen LogP contribution in [0.5, 0.6) is 0 Å². The minimum absolute atomic E-state index is 0.133. The van der Waals surface area contributed by atoms with Gasteiger partial charge in [0.25, 0.3) is 0 Å². The largest absolute Gasteiger partial charge is 0.471 e. The van der Waals surface area contributed by atoms with Crippen molar-refractivity contribution in [2.24, 2.45) is 0 Å². The van der Waals surface area contributed by atoms with E-state index in [0.29, 0.717) is 12.8 Å². The highest BCUT2D eigenvalue weighted by Crippen LogP contribution is 2.22. The molecule has 0 spiro atoms. The van der Waals surface area contributed by atoms with Crippen LogP contribution in [0.15, 0.2) is 18.2 Å². The minimum atomic E-state index is -4.77. The van der Waals surface area contributed by atoms with E-state index in [2.05, 4.69) is 0 Å². The molecule has 1 aliphatic heterocycles. The van der Waals surface area contributed by atoms with Crippen LogP contribution in [0.4, 0.5) is 13.2 Å². The predicted molar refractivity (Wildman–Crippen MR) is 61.2 cm³/mol. The molecular formula is C13H14F3NO. The molecule has 1 heterocycles. The molecule has 2 rings (SSSR count). The lowest BCUT2D eigenvalue weighted by Gasteiger charge is -2.21. The SMILES string of the molecule is Cc1ccc2c(c1)CCN(C(=O)C(F)(F)F)CC2. The van der Waals surface area contributed by atoms with Gasteiger partial charge in [-0.15, -0.1) is 0 Å². The van der Waals surface area contributed by atoms with Gasteiger partial charge in [0.2, 0.25) is 0 Å². The van der Waals surface area contributed by atoms with Crippen molar-refractivity contribution in [1.82, 2.24) is 4.90 Å². The number of halogens is 3. The molecule has 5 heteroatoms. The lowest BCUT2D eigenvalue weighted by molar-refractivity contribution is -0.185. The summed E-state index contributed by atoms with van der Waals surface area (Å²) >= 11 is 0. The molecule has 18 heavy (non-hydrogen) atoms. The summed E-state index contributed by atoms with van der Waals surface area (Å²) in [7, 11) is 0. The number of aryl methyl sites for hydroxylation is 1. The van der Waals surface area contributed by atoms with Crippen molar-refractivity contribution >= 4 is 5.91 Å². The molecule has 1 aromatic carbocycles. The molecule has 0 N–H and O–H groups in total. The van der Waals surface area contributed by atoms with E-state index in [0.717, 1.165) is 21.6 Å². The fraction of sp³-hybridized carbons (Fsp3) is 0.462. The van der Waals surface area contributed by atoms with Crippen molar-refractivity contribution in [2.75, 3.05) is 13.1 Å². The second-order valence-corrected chi connectivity index (χ2v) is 4.56. The Labute approximate surface area is 103 Å². The Morgan fingerprint density at radius 1 is 1.17 bits per heavy atom. The van der Waals surface area contributed by atoms with Crippen LogP contribution in [-0.2, 0) is 17.6 Å². The first-order valence-electron chi connectivity index (χ1n) is 5.82. The van der Waals surface area contributed by atoms with Gasteiger partial charge < -0.3 is 4.90 Å². The monoisotopic (exact) mass is 257 g/mol. The van der Waals surface area contributed by atoms with Crippen molar-refractivity contribution in [3.05, 3.63) is 34.9 Å². The second kappa shape index (κ2) is 4.63. The third kappa shape index (κ3) is 2.66. The first-order chi connectivity index (χ1) is 8.38. The van der Waals surface area contributed by atoms with E-state index in [-0.39, 0.29) is 13.1 Å². The molecule has 1 aromatic rings. The van der Waals surface area contributed by atoms with Crippen LogP contribution >= 0.6 is 0 Å². The molecule has 98 valence electrons. The Morgan fingerprint density at radius 3 is 2.39 bits per heavy atom. The van der Waals surface area contributed by atoms with Gasteiger partial charge in [0.15, 0.2) is 0 Å². The Hall–Kier alpha value is -1.52. The number of amides is 1. The molecule has 2 nitrogen and oxygen atoms in total. The van der Waals surface area contributed by atoms with Crippen molar-refractivity contribution in [3.8, 4) is 0 Å². The maximum absolute atomic E-state index is 12.4. The fourth-order valence-corrected chi connectivity index (χ4v) is 2.24. The Morgan fingerprint density at radius 2 is 1.78 bits per heavy atom. The summed E-state index contributed by atoms with van der Waals surface area (Å²) in [5.41, 5.74) is 3.18. The van der Waals surface area contributed by atoms with Gasteiger partial charge in [0.1, 0.15) is 0 Å². The molecule has 0 radical (unpaired) electrons. The Bertz CT molecular complexity index is 468. The van der Waals surface area contributed by atoms with Gasteiger partial charge in [-0.1, -0.05) is 23.8 Å². The molecule has 0 saturated heterocycles. The molecule has 0 unspecified atom stereocenters. The van der Waals surface area contributed by atoms with Crippen LogP contribution in [0.25, 0.3) is 0 Å². The number of carbonyl (C=O) groups is 1. The average molecular weight is 257 g/mol. The molecule has 0 aromatic heterocycles. The van der Waals surface area contributed by atoms with E-state index < -0.39 is 12.1 Å². The number of rotatable bonds is 0. The van der Waals surface area contributed by atoms with Crippen LogP contribution < -0.4 is 0 Å². The van der Waals surface area contributed by atoms with Crippen LogP contribution in [0.3, 0.4) is 0 Å². The highest BCUT2D eigenvalue weighted by atomic mass is 19.4. The zero-order valence-corrected chi connectivity index (χ0v) is 10.0. The molecule has 0 fully saturated rings. The third-order valence-electron chi connectivity index (χ3n) is 3.19. The summed E-state index contributed by atoms with van der Waals surface area (Å²) in [5, 5.41) is 0. The first kappa shape index (κ1) is 12.9. The van der Waals surface area contributed by atoms with E-state index in [1.807, 2.05) is 25.1 Å². The lowest BCUT2D eigenvalue weighted by atomic mass is 10.0. The second-order valence-electron chi connectivity index (χ2n) is 4.56. The number of carbonyl (C=O) groups excluding carboxylic acids is 1. The minimum Gasteiger partial charge on any atom is -0.334 e. The number of hydrogen-bond acceptors (Lipinski definition) is 1. The number of hydrogen-bond donors (Lipinski definition) is 0. The summed E-state index contributed by atoms with van der Waals surface area (Å²) < 4.78 is 37.1. The average Bonchev–Trinajstić information content (AvgIpc) is 2.48. The molecule has 0 saturated carbocycles. The van der Waals surface area contributed by atoms with Gasteiger partial charge >= 0.3 is 12.1 Å². The van der Waals surface area contributed by atoms with Crippen molar-refractivity contribution in [3.63, 3.8) is 0 Å². The lowest BCUT2D eigenvalue weighted by Crippen LogP contribution is -2.42. The highest BCUT2D eigenvalue weighted by molar-refractivity contribution is 5.82. The normalized spacial score (nSPS) is 16.1. The summed E-state index contributed by atoms with van der Waals surface area (Å²) in [5.74, 6) is -1.73. The van der Waals surface area contributed by atoms with Gasteiger partial charge in [-0.2, -0.15) is 13.2 Å². The van der Waals surface area contributed by atoms with Gasteiger partial charge in [0, 0.05) is 13.1 Å². The van der Waals surface area contributed by atoms with Gasteiger partial charge in [0.05, 0.1) is 0 Å². The number of fused-ring (bicyclic) bond motifs is 1. The molecule has 1 aliphatic rings. The van der Waals surface area contributed by atoms with Gasteiger partial charge in [-0.3, -0.25) is 4.79 Å². The molecule has 1 amide bonds. The van der Waals surface area contributed by atoms with Gasteiger partial charge in [-0.25, -0.2) is 0 Å². The van der Waals surface area contributed by atoms with E-state index in [4.69, 9.17) is 0 Å². The van der Waals surface area contributed by atoms with Crippen LogP contribution in [0.1, 0.15) is 16.7 Å². The van der Waals surface area contributed by atoms with Crippen molar-refractivity contribution in [2.45, 2.75) is 25.9 Å². The predicted octanol–water partition coefficient (Wildman–Crippen LogP) is 2.48. The summed E-state index contributed by atoms with van der Waals surface area (Å²) in [6.07, 6.45) is -3.80. The van der Waals surface area contributed by atoms with E-state index in [9.17, 15) is 18.0 Å².